The lowest BCUT2D eigenvalue weighted by Gasteiger charge is -2.12. The predicted octanol–water partition coefficient (Wildman–Crippen LogP) is 3.82. The Hall–Kier alpha value is -2.63. The summed E-state index contributed by atoms with van der Waals surface area (Å²) in [5.41, 5.74) is 1.57. The first-order chi connectivity index (χ1) is 13.0. The lowest BCUT2D eigenvalue weighted by Crippen LogP contribution is -2.33. The fourth-order valence-electron chi connectivity index (χ4n) is 2.67. The molecule has 1 N–H and O–H groups in total. The third-order valence-electron chi connectivity index (χ3n) is 3.99. The molecule has 0 aliphatic heterocycles. The van der Waals surface area contributed by atoms with Crippen LogP contribution in [0.3, 0.4) is 0 Å². The topological polar surface area (TPSA) is 64.0 Å². The summed E-state index contributed by atoms with van der Waals surface area (Å²) in [6.07, 6.45) is 0.594. The van der Waals surface area contributed by atoms with E-state index in [1.54, 1.807) is 31.2 Å². The highest BCUT2D eigenvalue weighted by molar-refractivity contribution is 6.32. The Morgan fingerprint density at radius 3 is 2.63 bits per heavy atom. The van der Waals surface area contributed by atoms with Gasteiger partial charge in [0.1, 0.15) is 0 Å². The molecule has 0 saturated carbocycles. The number of carbonyl (C=O) groups is 1. The molecule has 1 amide bonds. The van der Waals surface area contributed by atoms with Crippen LogP contribution < -0.4 is 10.7 Å². The molecule has 0 spiro atoms. The van der Waals surface area contributed by atoms with Crippen molar-refractivity contribution in [2.75, 3.05) is 6.54 Å². The molecule has 3 aromatic rings. The molecule has 0 aliphatic carbocycles. The van der Waals surface area contributed by atoms with Gasteiger partial charge < -0.3 is 5.32 Å². The number of hydrogen-bond acceptors (Lipinski definition) is 3. The standard InChI is InChI=1S/C20H17Cl2N3O2/c1-13-11-18(26)19(24-25(13)17-8-3-2-7-16(17)22)20(27)23-10-9-14-5-4-6-15(21)12-14/h2-8,11-12H,9-10H2,1H3,(H,23,27). The Bertz CT molecular complexity index is 1050. The third kappa shape index (κ3) is 4.56. The van der Waals surface area contributed by atoms with E-state index in [-0.39, 0.29) is 5.69 Å². The van der Waals surface area contributed by atoms with Gasteiger partial charge in [0.15, 0.2) is 5.69 Å². The van der Waals surface area contributed by atoms with Crippen molar-refractivity contribution in [2.24, 2.45) is 0 Å². The number of nitrogens with one attached hydrogen (secondary N) is 1. The molecule has 0 fully saturated rings. The Morgan fingerprint density at radius 2 is 1.89 bits per heavy atom. The maximum absolute atomic E-state index is 12.5. The Balaban J connectivity index is 1.79. The molecule has 5 nitrogen and oxygen atoms in total. The number of aromatic nitrogens is 2. The summed E-state index contributed by atoms with van der Waals surface area (Å²) in [5, 5.41) is 8.08. The maximum atomic E-state index is 12.5. The Kier molecular flexibility index (Phi) is 5.94. The van der Waals surface area contributed by atoms with E-state index in [9.17, 15) is 9.59 Å². The highest BCUT2D eigenvalue weighted by atomic mass is 35.5. The van der Waals surface area contributed by atoms with Crippen molar-refractivity contribution in [3.8, 4) is 5.69 Å². The van der Waals surface area contributed by atoms with Crippen LogP contribution in [-0.2, 0) is 6.42 Å². The zero-order chi connectivity index (χ0) is 19.4. The van der Waals surface area contributed by atoms with Crippen LogP contribution in [0, 0.1) is 6.92 Å². The van der Waals surface area contributed by atoms with Crippen molar-refractivity contribution < 1.29 is 4.79 Å². The van der Waals surface area contributed by atoms with Crippen LogP contribution in [0.1, 0.15) is 21.7 Å². The minimum atomic E-state index is -0.525. The maximum Gasteiger partial charge on any atom is 0.275 e. The van der Waals surface area contributed by atoms with E-state index in [4.69, 9.17) is 23.2 Å². The number of para-hydroxylation sites is 1. The zero-order valence-electron chi connectivity index (χ0n) is 14.6. The summed E-state index contributed by atoms with van der Waals surface area (Å²) in [5.74, 6) is -0.525. The van der Waals surface area contributed by atoms with Gasteiger partial charge in [-0.25, -0.2) is 4.68 Å². The molecule has 27 heavy (non-hydrogen) atoms. The average molecular weight is 402 g/mol. The van der Waals surface area contributed by atoms with Gasteiger partial charge in [-0.05, 0) is 43.2 Å². The summed E-state index contributed by atoms with van der Waals surface area (Å²) in [4.78, 5) is 24.7. The highest BCUT2D eigenvalue weighted by Gasteiger charge is 2.16. The lowest BCUT2D eigenvalue weighted by atomic mass is 10.1. The molecular weight excluding hydrogens is 385 g/mol. The van der Waals surface area contributed by atoms with Crippen molar-refractivity contribution in [1.82, 2.24) is 15.1 Å². The van der Waals surface area contributed by atoms with Gasteiger partial charge in [0.25, 0.3) is 5.91 Å². The van der Waals surface area contributed by atoms with Gasteiger partial charge >= 0.3 is 0 Å². The van der Waals surface area contributed by atoms with Crippen molar-refractivity contribution in [3.05, 3.63) is 91.8 Å². The number of hydrogen-bond donors (Lipinski definition) is 1. The second-order valence-electron chi connectivity index (χ2n) is 6.00. The zero-order valence-corrected chi connectivity index (χ0v) is 16.1. The van der Waals surface area contributed by atoms with Gasteiger partial charge in [-0.2, -0.15) is 5.10 Å². The fourth-order valence-corrected chi connectivity index (χ4v) is 3.10. The summed E-state index contributed by atoms with van der Waals surface area (Å²) in [7, 11) is 0. The van der Waals surface area contributed by atoms with Crippen LogP contribution in [0.15, 0.2) is 59.4 Å². The molecule has 1 aromatic heterocycles. The number of rotatable bonds is 5. The van der Waals surface area contributed by atoms with Gasteiger partial charge in [-0.1, -0.05) is 47.5 Å². The predicted molar refractivity (Wildman–Crippen MR) is 107 cm³/mol. The minimum Gasteiger partial charge on any atom is -0.350 e. The van der Waals surface area contributed by atoms with Crippen LogP contribution in [0.2, 0.25) is 10.0 Å². The average Bonchev–Trinajstić information content (AvgIpc) is 2.63. The first-order valence-corrected chi connectivity index (χ1v) is 9.10. The Labute approximate surface area is 166 Å². The molecule has 0 radical (unpaired) electrons. The normalized spacial score (nSPS) is 10.6. The molecule has 0 bridgehead atoms. The van der Waals surface area contributed by atoms with Gasteiger partial charge in [-0.15, -0.1) is 0 Å². The molecular formula is C20H17Cl2N3O2. The quantitative estimate of drug-likeness (QED) is 0.706. The van der Waals surface area contributed by atoms with E-state index in [1.807, 2.05) is 24.3 Å². The molecule has 0 aliphatic rings. The van der Waals surface area contributed by atoms with Gasteiger partial charge in [-0.3, -0.25) is 9.59 Å². The Morgan fingerprint density at radius 1 is 1.11 bits per heavy atom. The van der Waals surface area contributed by atoms with Crippen molar-refractivity contribution in [1.29, 1.82) is 0 Å². The van der Waals surface area contributed by atoms with Crippen LogP contribution in [0.4, 0.5) is 0 Å². The molecule has 2 aromatic carbocycles. The molecule has 0 saturated heterocycles. The SMILES string of the molecule is Cc1cc(=O)c(C(=O)NCCc2cccc(Cl)c2)nn1-c1ccccc1Cl. The highest BCUT2D eigenvalue weighted by Crippen LogP contribution is 2.19. The molecule has 138 valence electrons. The third-order valence-corrected chi connectivity index (χ3v) is 4.55. The largest absolute Gasteiger partial charge is 0.350 e. The van der Waals surface area contributed by atoms with E-state index in [1.165, 1.54) is 10.7 Å². The second kappa shape index (κ2) is 8.37. The molecule has 1 heterocycles. The first kappa shape index (κ1) is 19.1. The van der Waals surface area contributed by atoms with Crippen LogP contribution >= 0.6 is 23.2 Å². The van der Waals surface area contributed by atoms with E-state index in [0.29, 0.717) is 34.4 Å². The van der Waals surface area contributed by atoms with Gasteiger partial charge in [0.05, 0.1) is 10.7 Å². The minimum absolute atomic E-state index is 0.174. The van der Waals surface area contributed by atoms with Crippen molar-refractivity contribution in [3.63, 3.8) is 0 Å². The van der Waals surface area contributed by atoms with E-state index >= 15 is 0 Å². The molecule has 0 atom stereocenters. The van der Waals surface area contributed by atoms with Crippen molar-refractivity contribution in [2.45, 2.75) is 13.3 Å². The number of halogens is 2. The monoisotopic (exact) mass is 401 g/mol. The summed E-state index contributed by atoms with van der Waals surface area (Å²) in [6.45, 7) is 2.10. The number of nitrogens with zero attached hydrogens (tertiary/aromatic N) is 2. The van der Waals surface area contributed by atoms with Crippen LogP contribution in [0.5, 0.6) is 0 Å². The second-order valence-corrected chi connectivity index (χ2v) is 6.84. The number of carbonyl (C=O) groups excluding carboxylic acids is 1. The summed E-state index contributed by atoms with van der Waals surface area (Å²) >= 11 is 12.2. The first-order valence-electron chi connectivity index (χ1n) is 8.34. The smallest absolute Gasteiger partial charge is 0.275 e. The summed E-state index contributed by atoms with van der Waals surface area (Å²) < 4.78 is 1.50. The molecule has 7 heteroatoms. The summed E-state index contributed by atoms with van der Waals surface area (Å²) in [6, 6.07) is 15.9. The van der Waals surface area contributed by atoms with E-state index in [0.717, 1.165) is 5.56 Å². The van der Waals surface area contributed by atoms with Crippen molar-refractivity contribution >= 4 is 29.1 Å². The van der Waals surface area contributed by atoms with E-state index in [2.05, 4.69) is 10.4 Å². The lowest BCUT2D eigenvalue weighted by molar-refractivity contribution is 0.0946. The number of amides is 1. The number of aryl methyl sites for hydroxylation is 1. The molecule has 3 rings (SSSR count). The van der Waals surface area contributed by atoms with Crippen LogP contribution in [-0.4, -0.2) is 22.2 Å². The van der Waals surface area contributed by atoms with Crippen LogP contribution in [0.25, 0.3) is 5.69 Å². The molecule has 0 unspecified atom stereocenters. The fraction of sp³-hybridized carbons (Fsp3) is 0.150. The van der Waals surface area contributed by atoms with Gasteiger partial charge in [0, 0.05) is 23.3 Å². The number of benzene rings is 2. The van der Waals surface area contributed by atoms with E-state index < -0.39 is 11.3 Å². The van der Waals surface area contributed by atoms with Gasteiger partial charge in [0.2, 0.25) is 5.43 Å².